The van der Waals surface area contributed by atoms with Gasteiger partial charge in [-0.15, -0.1) is 10.2 Å². The van der Waals surface area contributed by atoms with Gasteiger partial charge in [-0.1, -0.05) is 0 Å². The van der Waals surface area contributed by atoms with Gasteiger partial charge in [0.05, 0.1) is 11.3 Å². The molecule has 0 saturated carbocycles. The van der Waals surface area contributed by atoms with Gasteiger partial charge in [0.1, 0.15) is 17.7 Å². The van der Waals surface area contributed by atoms with E-state index in [0.717, 1.165) is 6.07 Å². The average Bonchev–Trinajstić information content (AvgIpc) is 2.98. The minimum absolute atomic E-state index is 0.00711. The van der Waals surface area contributed by atoms with E-state index in [4.69, 9.17) is 0 Å². The smallest absolute Gasteiger partial charge is 0.416 e. The maximum absolute atomic E-state index is 13.1. The first-order valence-corrected chi connectivity index (χ1v) is 8.10. The highest BCUT2D eigenvalue weighted by atomic mass is 19.4. The monoisotopic (exact) mass is 370 g/mol. The molecular weight excluding hydrogens is 352 g/mol. The molecule has 9 heteroatoms. The van der Waals surface area contributed by atoms with Crippen LogP contribution in [0.25, 0.3) is 11.3 Å². The molecular formula is C17H18F4N4O. The maximum atomic E-state index is 13.1. The van der Waals surface area contributed by atoms with Crippen LogP contribution in [0.15, 0.2) is 24.3 Å². The van der Waals surface area contributed by atoms with Gasteiger partial charge in [-0.3, -0.25) is 0 Å². The van der Waals surface area contributed by atoms with Gasteiger partial charge in [0.15, 0.2) is 0 Å². The van der Waals surface area contributed by atoms with Crippen LogP contribution in [0.5, 0.6) is 5.75 Å². The van der Waals surface area contributed by atoms with Crippen molar-refractivity contribution in [3.8, 4) is 17.0 Å². The summed E-state index contributed by atoms with van der Waals surface area (Å²) in [6.07, 6.45) is -4.95. The Morgan fingerprint density at radius 1 is 1.27 bits per heavy atom. The fourth-order valence-corrected chi connectivity index (χ4v) is 2.98. The van der Waals surface area contributed by atoms with Crippen molar-refractivity contribution in [1.29, 1.82) is 0 Å². The zero-order valence-corrected chi connectivity index (χ0v) is 13.9. The van der Waals surface area contributed by atoms with E-state index >= 15 is 0 Å². The molecule has 0 spiro atoms. The molecule has 1 fully saturated rings. The molecule has 1 aliphatic heterocycles. The van der Waals surface area contributed by atoms with E-state index in [1.165, 1.54) is 6.92 Å². The quantitative estimate of drug-likeness (QED) is 0.721. The molecule has 3 rings (SSSR count). The van der Waals surface area contributed by atoms with Gasteiger partial charge in [-0.2, -0.15) is 13.2 Å². The van der Waals surface area contributed by atoms with Crippen molar-refractivity contribution in [2.45, 2.75) is 31.7 Å². The molecule has 140 valence electrons. The summed E-state index contributed by atoms with van der Waals surface area (Å²) < 4.78 is 51.5. The Hall–Kier alpha value is -2.42. The fraction of sp³-hybridized carbons (Fsp3) is 0.412. The number of halogens is 4. The largest absolute Gasteiger partial charge is 0.507 e. The highest BCUT2D eigenvalue weighted by Gasteiger charge is 2.32. The van der Waals surface area contributed by atoms with Crippen LogP contribution in [0.4, 0.5) is 23.4 Å². The summed E-state index contributed by atoms with van der Waals surface area (Å²) >= 11 is 0. The van der Waals surface area contributed by atoms with Crippen molar-refractivity contribution in [3.05, 3.63) is 35.4 Å². The number of phenolic OH excluding ortho intramolecular Hbond substituents is 1. The second-order valence-electron chi connectivity index (χ2n) is 6.31. The number of hydrogen-bond acceptors (Lipinski definition) is 5. The van der Waals surface area contributed by atoms with E-state index in [9.17, 15) is 22.7 Å². The molecule has 1 aromatic heterocycles. The lowest BCUT2D eigenvalue weighted by Crippen LogP contribution is -2.29. The zero-order valence-electron chi connectivity index (χ0n) is 13.9. The Morgan fingerprint density at radius 2 is 2.04 bits per heavy atom. The molecule has 5 nitrogen and oxygen atoms in total. The van der Waals surface area contributed by atoms with Crippen LogP contribution in [0.1, 0.15) is 17.5 Å². The number of alkyl halides is 4. The number of aryl methyl sites for hydroxylation is 1. The van der Waals surface area contributed by atoms with Gasteiger partial charge in [0, 0.05) is 24.7 Å². The lowest BCUT2D eigenvalue weighted by molar-refractivity contribution is -0.137. The molecule has 1 saturated heterocycles. The minimum atomic E-state index is -4.53. The van der Waals surface area contributed by atoms with E-state index in [2.05, 4.69) is 20.8 Å². The molecule has 1 aromatic carbocycles. The number of rotatable bonds is 4. The van der Waals surface area contributed by atoms with Crippen molar-refractivity contribution >= 4 is 5.82 Å². The Bertz CT molecular complexity index is 756. The highest BCUT2D eigenvalue weighted by Crippen LogP contribution is 2.38. The molecule has 26 heavy (non-hydrogen) atoms. The summed E-state index contributed by atoms with van der Waals surface area (Å²) in [4.78, 5) is 0. The molecule has 0 bridgehead atoms. The number of nitrogens with zero attached hydrogens (tertiary/aromatic N) is 2. The Morgan fingerprint density at radius 3 is 2.58 bits per heavy atom. The Labute approximate surface area is 147 Å². The van der Waals surface area contributed by atoms with E-state index < -0.39 is 23.7 Å². The summed E-state index contributed by atoms with van der Waals surface area (Å²) in [5.74, 6) is -0.0432. The predicted octanol–water partition coefficient (Wildman–Crippen LogP) is 3.29. The molecule has 1 aliphatic rings. The van der Waals surface area contributed by atoms with Gasteiger partial charge >= 0.3 is 6.18 Å². The van der Waals surface area contributed by atoms with Crippen LogP contribution in [0.3, 0.4) is 0 Å². The molecule has 0 aliphatic carbocycles. The summed E-state index contributed by atoms with van der Waals surface area (Å²) in [6.45, 7) is 2.29. The minimum Gasteiger partial charge on any atom is -0.507 e. The van der Waals surface area contributed by atoms with Crippen LogP contribution in [0, 0.1) is 6.92 Å². The molecule has 0 amide bonds. The first-order chi connectivity index (χ1) is 12.2. The average molecular weight is 370 g/mol. The van der Waals surface area contributed by atoms with Crippen molar-refractivity contribution in [2.75, 3.05) is 18.4 Å². The van der Waals surface area contributed by atoms with Crippen molar-refractivity contribution in [1.82, 2.24) is 15.5 Å². The normalized spacial score (nSPS) is 20.3. The topological polar surface area (TPSA) is 70.1 Å². The van der Waals surface area contributed by atoms with Gasteiger partial charge in [0.25, 0.3) is 0 Å². The first-order valence-electron chi connectivity index (χ1n) is 8.10. The molecule has 2 atom stereocenters. The molecule has 0 radical (unpaired) electrons. The molecule has 3 N–H and O–H groups in total. The number of aromatic hydroxyl groups is 1. The predicted molar refractivity (Wildman–Crippen MR) is 88.7 cm³/mol. The lowest BCUT2D eigenvalue weighted by Gasteiger charge is -2.14. The fourth-order valence-electron chi connectivity index (χ4n) is 2.98. The van der Waals surface area contributed by atoms with Crippen LogP contribution in [-0.2, 0) is 6.18 Å². The SMILES string of the molecule is Cc1cc(C(F)(F)F)cc(O)c1-c1ccc(NC[C@@H]2C[C@H](F)CN2)nn1. The summed E-state index contributed by atoms with van der Waals surface area (Å²) in [5.41, 5.74) is -0.203. The third kappa shape index (κ3) is 4.04. The number of hydrogen-bond donors (Lipinski definition) is 3. The Kier molecular flexibility index (Phi) is 4.99. The second-order valence-corrected chi connectivity index (χ2v) is 6.31. The summed E-state index contributed by atoms with van der Waals surface area (Å²) in [7, 11) is 0. The summed E-state index contributed by atoms with van der Waals surface area (Å²) in [5, 5.41) is 24.0. The zero-order chi connectivity index (χ0) is 18.9. The number of benzene rings is 1. The first kappa shape index (κ1) is 18.4. The van der Waals surface area contributed by atoms with Crippen molar-refractivity contribution < 1.29 is 22.7 Å². The van der Waals surface area contributed by atoms with Crippen molar-refractivity contribution in [3.63, 3.8) is 0 Å². The lowest BCUT2D eigenvalue weighted by atomic mass is 10.0. The standard InChI is InChI=1S/C17H18F4N4O/c1-9-4-10(17(19,20)21)5-14(26)16(9)13-2-3-15(25-24-13)23-8-12-6-11(18)7-22-12/h2-5,11-12,22,26H,6-8H2,1H3,(H,23,25)/t11-,12-/m0/s1. The van der Waals surface area contributed by atoms with Crippen LogP contribution >= 0.6 is 0 Å². The maximum Gasteiger partial charge on any atom is 0.416 e. The number of aromatic nitrogens is 2. The third-order valence-electron chi connectivity index (χ3n) is 4.26. The molecule has 0 unspecified atom stereocenters. The van der Waals surface area contributed by atoms with E-state index in [1.807, 2.05) is 0 Å². The van der Waals surface area contributed by atoms with Gasteiger partial charge in [-0.05, 0) is 43.2 Å². The third-order valence-corrected chi connectivity index (χ3v) is 4.26. The number of phenols is 1. The molecule has 2 heterocycles. The van der Waals surface area contributed by atoms with Gasteiger partial charge < -0.3 is 15.7 Å². The van der Waals surface area contributed by atoms with Gasteiger partial charge in [-0.25, -0.2) is 4.39 Å². The number of anilines is 1. The van der Waals surface area contributed by atoms with Crippen LogP contribution in [0.2, 0.25) is 0 Å². The van der Waals surface area contributed by atoms with Crippen LogP contribution in [-0.4, -0.2) is 40.6 Å². The number of nitrogens with one attached hydrogen (secondary N) is 2. The highest BCUT2D eigenvalue weighted by molar-refractivity contribution is 5.71. The molecule has 2 aromatic rings. The van der Waals surface area contributed by atoms with E-state index in [-0.39, 0.29) is 22.9 Å². The van der Waals surface area contributed by atoms with Crippen LogP contribution < -0.4 is 10.6 Å². The van der Waals surface area contributed by atoms with E-state index in [1.54, 1.807) is 12.1 Å². The second kappa shape index (κ2) is 7.06. The van der Waals surface area contributed by atoms with Crippen molar-refractivity contribution in [2.24, 2.45) is 0 Å². The Balaban J connectivity index is 1.74. The van der Waals surface area contributed by atoms with Gasteiger partial charge in [0.2, 0.25) is 0 Å². The summed E-state index contributed by atoms with van der Waals surface area (Å²) in [6, 6.07) is 4.82. The van der Waals surface area contributed by atoms with E-state index in [0.29, 0.717) is 31.4 Å².